The molecule has 0 aliphatic heterocycles. The molecule has 1 aliphatic carbocycles. The van der Waals surface area contributed by atoms with Crippen molar-refractivity contribution in [3.8, 4) is 11.5 Å². The predicted molar refractivity (Wildman–Crippen MR) is 81.1 cm³/mol. The Labute approximate surface area is 125 Å². The van der Waals surface area contributed by atoms with Gasteiger partial charge >= 0.3 is 0 Å². The highest BCUT2D eigenvalue weighted by Gasteiger charge is 2.40. The number of hydrogen-bond acceptors (Lipinski definition) is 5. The summed E-state index contributed by atoms with van der Waals surface area (Å²) < 4.78 is 37.9. The number of anilines is 1. The number of ether oxygens (including phenoxy) is 2. The van der Waals surface area contributed by atoms with Crippen LogP contribution < -0.4 is 19.9 Å². The standard InChI is InChI=1S/C14H22N2O4S/c1-4-5-9-6-11(9)16-21(17,18)14-7-10(15)12(19-2)8-13(14)20-3/h7-9,11,16H,4-6,15H2,1-3H3. The number of nitrogen functional groups attached to an aromatic ring is 1. The predicted octanol–water partition coefficient (Wildman–Crippen LogP) is 1.75. The molecule has 0 bridgehead atoms. The highest BCUT2D eigenvalue weighted by molar-refractivity contribution is 7.89. The Kier molecular flexibility index (Phi) is 4.63. The Bertz CT molecular complexity index is 616. The van der Waals surface area contributed by atoms with Gasteiger partial charge in [-0.2, -0.15) is 0 Å². The maximum atomic E-state index is 12.5. The van der Waals surface area contributed by atoms with Crippen LogP contribution in [0.4, 0.5) is 5.69 Å². The van der Waals surface area contributed by atoms with Crippen LogP contribution in [0, 0.1) is 5.92 Å². The van der Waals surface area contributed by atoms with Gasteiger partial charge in [0.2, 0.25) is 10.0 Å². The molecule has 1 aromatic rings. The van der Waals surface area contributed by atoms with E-state index in [0.29, 0.717) is 11.7 Å². The molecule has 7 heteroatoms. The Morgan fingerprint density at radius 2 is 1.95 bits per heavy atom. The summed E-state index contributed by atoms with van der Waals surface area (Å²) >= 11 is 0. The molecule has 0 radical (unpaired) electrons. The van der Waals surface area contributed by atoms with Crippen LogP contribution >= 0.6 is 0 Å². The third kappa shape index (κ3) is 3.41. The van der Waals surface area contributed by atoms with Crippen molar-refractivity contribution >= 4 is 15.7 Å². The maximum absolute atomic E-state index is 12.5. The highest BCUT2D eigenvalue weighted by atomic mass is 32.2. The van der Waals surface area contributed by atoms with Crippen molar-refractivity contribution in [3.63, 3.8) is 0 Å². The van der Waals surface area contributed by atoms with Gasteiger partial charge in [0.15, 0.2) is 0 Å². The lowest BCUT2D eigenvalue weighted by Crippen LogP contribution is -2.27. The van der Waals surface area contributed by atoms with Crippen molar-refractivity contribution in [3.05, 3.63) is 12.1 Å². The largest absolute Gasteiger partial charge is 0.495 e. The van der Waals surface area contributed by atoms with E-state index in [2.05, 4.69) is 11.6 Å². The molecule has 118 valence electrons. The molecule has 2 atom stereocenters. The van der Waals surface area contributed by atoms with E-state index in [1.807, 2.05) is 0 Å². The smallest absolute Gasteiger partial charge is 0.244 e. The first kappa shape index (κ1) is 15.9. The van der Waals surface area contributed by atoms with Crippen molar-refractivity contribution in [2.75, 3.05) is 20.0 Å². The number of sulfonamides is 1. The first-order valence-electron chi connectivity index (χ1n) is 6.96. The molecule has 0 heterocycles. The van der Waals surface area contributed by atoms with Crippen LogP contribution in [0.25, 0.3) is 0 Å². The molecule has 2 rings (SSSR count). The fourth-order valence-corrected chi connectivity index (χ4v) is 3.95. The summed E-state index contributed by atoms with van der Waals surface area (Å²) in [5.74, 6) is 1.05. The molecular formula is C14H22N2O4S. The fourth-order valence-electron chi connectivity index (χ4n) is 2.45. The molecule has 0 aromatic heterocycles. The van der Waals surface area contributed by atoms with Crippen molar-refractivity contribution in [1.29, 1.82) is 0 Å². The molecule has 0 spiro atoms. The normalized spacial score (nSPS) is 21.1. The first-order chi connectivity index (χ1) is 9.92. The van der Waals surface area contributed by atoms with Crippen molar-refractivity contribution in [1.82, 2.24) is 4.72 Å². The van der Waals surface area contributed by atoms with Gasteiger partial charge in [-0.1, -0.05) is 13.3 Å². The zero-order chi connectivity index (χ0) is 15.6. The molecule has 1 fully saturated rings. The van der Waals surface area contributed by atoms with Crippen LogP contribution in [-0.2, 0) is 10.0 Å². The fraction of sp³-hybridized carbons (Fsp3) is 0.571. The minimum Gasteiger partial charge on any atom is -0.495 e. The zero-order valence-corrected chi connectivity index (χ0v) is 13.4. The molecule has 1 saturated carbocycles. The van der Waals surface area contributed by atoms with Crippen LogP contribution in [0.3, 0.4) is 0 Å². The van der Waals surface area contributed by atoms with E-state index in [1.54, 1.807) is 0 Å². The molecule has 2 unspecified atom stereocenters. The number of rotatable bonds is 7. The Morgan fingerprint density at radius 1 is 1.29 bits per heavy atom. The van der Waals surface area contributed by atoms with Crippen molar-refractivity contribution in [2.45, 2.75) is 37.1 Å². The number of hydrogen-bond donors (Lipinski definition) is 2. The van der Waals surface area contributed by atoms with Crippen LogP contribution in [0.15, 0.2) is 17.0 Å². The van der Waals surface area contributed by atoms with Crippen molar-refractivity contribution < 1.29 is 17.9 Å². The van der Waals surface area contributed by atoms with Crippen molar-refractivity contribution in [2.24, 2.45) is 5.92 Å². The van der Waals surface area contributed by atoms with E-state index in [1.165, 1.54) is 26.4 Å². The molecular weight excluding hydrogens is 292 g/mol. The maximum Gasteiger partial charge on any atom is 0.244 e. The molecule has 0 amide bonds. The van der Waals surface area contributed by atoms with E-state index < -0.39 is 10.0 Å². The summed E-state index contributed by atoms with van der Waals surface area (Å²) in [6.07, 6.45) is 2.98. The summed E-state index contributed by atoms with van der Waals surface area (Å²) in [4.78, 5) is 0.0467. The first-order valence-corrected chi connectivity index (χ1v) is 8.45. The van der Waals surface area contributed by atoms with Gasteiger partial charge in [0.25, 0.3) is 0 Å². The minimum atomic E-state index is -3.65. The third-order valence-corrected chi connectivity index (χ3v) is 5.21. The van der Waals surface area contributed by atoms with Gasteiger partial charge in [-0.3, -0.25) is 0 Å². The average Bonchev–Trinajstić information content (AvgIpc) is 3.15. The molecule has 3 N–H and O–H groups in total. The van der Waals surface area contributed by atoms with Crippen LogP contribution in [0.1, 0.15) is 26.2 Å². The lowest BCUT2D eigenvalue weighted by atomic mass is 10.2. The summed E-state index contributed by atoms with van der Waals surface area (Å²) in [6, 6.07) is 2.88. The molecule has 21 heavy (non-hydrogen) atoms. The SMILES string of the molecule is CCCC1CC1NS(=O)(=O)c1cc(N)c(OC)cc1OC. The lowest BCUT2D eigenvalue weighted by molar-refractivity contribution is 0.387. The van der Waals surface area contributed by atoms with Gasteiger partial charge in [0.1, 0.15) is 16.4 Å². The number of nitrogens with two attached hydrogens (primary N) is 1. The van der Waals surface area contributed by atoms with E-state index in [4.69, 9.17) is 15.2 Å². The Morgan fingerprint density at radius 3 is 2.52 bits per heavy atom. The van der Waals surface area contributed by atoms with E-state index in [0.717, 1.165) is 19.3 Å². The van der Waals surface area contributed by atoms with Gasteiger partial charge in [-0.25, -0.2) is 13.1 Å². The molecule has 1 aromatic carbocycles. The average molecular weight is 314 g/mol. The highest BCUT2D eigenvalue weighted by Crippen LogP contribution is 2.38. The molecule has 6 nitrogen and oxygen atoms in total. The van der Waals surface area contributed by atoms with E-state index >= 15 is 0 Å². The quantitative estimate of drug-likeness (QED) is 0.748. The van der Waals surface area contributed by atoms with Gasteiger partial charge in [-0.05, 0) is 24.8 Å². The van der Waals surface area contributed by atoms with Gasteiger partial charge in [-0.15, -0.1) is 0 Å². The third-order valence-electron chi connectivity index (χ3n) is 3.69. The van der Waals surface area contributed by atoms with Gasteiger partial charge < -0.3 is 15.2 Å². The zero-order valence-electron chi connectivity index (χ0n) is 12.5. The Hall–Kier alpha value is -1.47. The monoisotopic (exact) mass is 314 g/mol. The van der Waals surface area contributed by atoms with Crippen LogP contribution in [-0.4, -0.2) is 28.7 Å². The molecule has 0 saturated heterocycles. The number of nitrogens with one attached hydrogen (secondary N) is 1. The molecule has 1 aliphatic rings. The number of benzene rings is 1. The second-order valence-corrected chi connectivity index (χ2v) is 6.94. The van der Waals surface area contributed by atoms with E-state index in [-0.39, 0.29) is 22.4 Å². The van der Waals surface area contributed by atoms with Crippen LogP contribution in [0.2, 0.25) is 0 Å². The summed E-state index contributed by atoms with van der Waals surface area (Å²) in [6.45, 7) is 2.09. The summed E-state index contributed by atoms with van der Waals surface area (Å²) in [5.41, 5.74) is 6.06. The second-order valence-electron chi connectivity index (χ2n) is 5.26. The summed E-state index contributed by atoms with van der Waals surface area (Å²) in [7, 11) is -0.762. The number of methoxy groups -OCH3 is 2. The lowest BCUT2D eigenvalue weighted by Gasteiger charge is -2.13. The van der Waals surface area contributed by atoms with E-state index in [9.17, 15) is 8.42 Å². The van der Waals surface area contributed by atoms with Gasteiger partial charge in [0, 0.05) is 12.1 Å². The van der Waals surface area contributed by atoms with Crippen LogP contribution in [0.5, 0.6) is 11.5 Å². The van der Waals surface area contributed by atoms with Gasteiger partial charge in [0.05, 0.1) is 19.9 Å². The second kappa shape index (κ2) is 6.11. The Balaban J connectivity index is 2.25. The topological polar surface area (TPSA) is 90.7 Å². The summed E-state index contributed by atoms with van der Waals surface area (Å²) in [5, 5.41) is 0. The minimum absolute atomic E-state index is 0.0167.